The van der Waals surface area contributed by atoms with Gasteiger partial charge in [-0.2, -0.15) is 13.2 Å². The van der Waals surface area contributed by atoms with Crippen molar-refractivity contribution in [3.63, 3.8) is 0 Å². The number of nitrogens with one attached hydrogen (secondary N) is 2. The number of benzene rings is 1. The molecule has 2 aromatic rings. The average Bonchev–Trinajstić information content (AvgIpc) is 2.86. The fourth-order valence-corrected chi connectivity index (χ4v) is 4.40. The molecule has 0 saturated heterocycles. The zero-order valence-electron chi connectivity index (χ0n) is 20.7. The lowest BCUT2D eigenvalue weighted by Crippen LogP contribution is -2.52. The molecule has 1 aliphatic carbocycles. The van der Waals surface area contributed by atoms with Gasteiger partial charge in [-0.1, -0.05) is 6.07 Å². The second-order valence-electron chi connectivity index (χ2n) is 9.42. The van der Waals surface area contributed by atoms with Crippen molar-refractivity contribution in [2.24, 2.45) is 5.92 Å². The van der Waals surface area contributed by atoms with E-state index < -0.39 is 23.6 Å². The molecule has 0 unspecified atom stereocenters. The maximum absolute atomic E-state index is 12.9. The normalized spacial score (nSPS) is 20.3. The summed E-state index contributed by atoms with van der Waals surface area (Å²) in [6.45, 7) is 4.34. The van der Waals surface area contributed by atoms with E-state index in [4.69, 9.17) is 4.74 Å². The van der Waals surface area contributed by atoms with E-state index in [0.29, 0.717) is 24.4 Å². The molecule has 1 aromatic carbocycles. The fraction of sp³-hybridized carbons (Fsp3) is 0.500. The van der Waals surface area contributed by atoms with Crippen LogP contribution in [0.4, 0.5) is 13.2 Å². The molecule has 0 bridgehead atoms. The Morgan fingerprint density at radius 3 is 2.64 bits per heavy atom. The van der Waals surface area contributed by atoms with Crippen LogP contribution in [0.5, 0.6) is 5.75 Å². The Morgan fingerprint density at radius 2 is 1.97 bits per heavy atom. The molecule has 0 spiro atoms. The minimum absolute atomic E-state index is 0.0354. The number of pyridine rings is 1. The Labute approximate surface area is 209 Å². The predicted octanol–water partition coefficient (Wildman–Crippen LogP) is 3.90. The Morgan fingerprint density at radius 1 is 1.19 bits per heavy atom. The third-order valence-electron chi connectivity index (χ3n) is 6.65. The zero-order valence-corrected chi connectivity index (χ0v) is 20.7. The van der Waals surface area contributed by atoms with Gasteiger partial charge in [0, 0.05) is 35.8 Å². The van der Waals surface area contributed by atoms with Crippen LogP contribution >= 0.6 is 0 Å². The van der Waals surface area contributed by atoms with Gasteiger partial charge in [-0.15, -0.1) is 0 Å². The van der Waals surface area contributed by atoms with E-state index in [9.17, 15) is 22.8 Å². The highest BCUT2D eigenvalue weighted by molar-refractivity contribution is 5.96. The van der Waals surface area contributed by atoms with Gasteiger partial charge in [0.25, 0.3) is 5.91 Å². The Hall–Kier alpha value is -3.14. The van der Waals surface area contributed by atoms with Gasteiger partial charge in [0.1, 0.15) is 5.75 Å². The summed E-state index contributed by atoms with van der Waals surface area (Å²) in [5, 5.41) is 5.40. The molecular formula is C26H33F3N4O3. The van der Waals surface area contributed by atoms with Crippen molar-refractivity contribution in [1.29, 1.82) is 0 Å². The molecule has 0 radical (unpaired) electrons. The summed E-state index contributed by atoms with van der Waals surface area (Å²) in [4.78, 5) is 31.4. The van der Waals surface area contributed by atoms with Crippen LogP contribution in [-0.4, -0.2) is 60.0 Å². The number of halogens is 3. The van der Waals surface area contributed by atoms with Crippen molar-refractivity contribution in [1.82, 2.24) is 20.5 Å². The van der Waals surface area contributed by atoms with Gasteiger partial charge >= 0.3 is 6.18 Å². The number of carbonyl (C=O) groups excluding carboxylic acids is 2. The van der Waals surface area contributed by atoms with Crippen molar-refractivity contribution in [2.45, 2.75) is 57.4 Å². The fourth-order valence-electron chi connectivity index (χ4n) is 4.40. The number of aromatic nitrogens is 1. The van der Waals surface area contributed by atoms with E-state index in [2.05, 4.69) is 41.4 Å². The number of hydrogen-bond donors (Lipinski definition) is 2. The summed E-state index contributed by atoms with van der Waals surface area (Å²) in [6, 6.07) is 8.29. The van der Waals surface area contributed by atoms with E-state index in [1.807, 2.05) is 6.07 Å². The maximum Gasteiger partial charge on any atom is 0.416 e. The van der Waals surface area contributed by atoms with E-state index >= 15 is 0 Å². The van der Waals surface area contributed by atoms with Crippen LogP contribution < -0.4 is 15.4 Å². The first-order valence-corrected chi connectivity index (χ1v) is 12.0. The zero-order chi connectivity index (χ0) is 26.3. The SMILES string of the molecule is CC(C)N(C)[C@@H]1CC[C@H](NC(=O)CNC(=O)c2cccc(C(F)(F)F)c2)[C@H](COc2cccnc2)C1. The van der Waals surface area contributed by atoms with Crippen LogP contribution in [0.25, 0.3) is 0 Å². The van der Waals surface area contributed by atoms with Gasteiger partial charge in [0.05, 0.1) is 24.9 Å². The summed E-state index contributed by atoms with van der Waals surface area (Å²) in [5.74, 6) is -0.458. The molecule has 1 aliphatic rings. The molecule has 1 aromatic heterocycles. The van der Waals surface area contributed by atoms with Crippen LogP contribution in [0.1, 0.15) is 49.0 Å². The highest BCUT2D eigenvalue weighted by Gasteiger charge is 2.34. The van der Waals surface area contributed by atoms with E-state index in [1.165, 1.54) is 6.07 Å². The third-order valence-corrected chi connectivity index (χ3v) is 6.65. The van der Waals surface area contributed by atoms with Crippen molar-refractivity contribution in [3.8, 4) is 5.75 Å². The van der Waals surface area contributed by atoms with Gasteiger partial charge in [-0.3, -0.25) is 14.6 Å². The first-order valence-electron chi connectivity index (χ1n) is 12.0. The van der Waals surface area contributed by atoms with Crippen molar-refractivity contribution >= 4 is 11.8 Å². The van der Waals surface area contributed by atoms with Crippen LogP contribution in [0.3, 0.4) is 0 Å². The number of hydrogen-bond acceptors (Lipinski definition) is 5. The summed E-state index contributed by atoms with van der Waals surface area (Å²) in [6.07, 6.45) is 1.23. The maximum atomic E-state index is 12.9. The lowest BCUT2D eigenvalue weighted by Gasteiger charge is -2.41. The number of ether oxygens (including phenoxy) is 1. The summed E-state index contributed by atoms with van der Waals surface area (Å²) in [7, 11) is 2.09. The number of amides is 2. The topological polar surface area (TPSA) is 83.6 Å². The number of carbonyl (C=O) groups is 2. The average molecular weight is 507 g/mol. The van der Waals surface area contributed by atoms with E-state index in [-0.39, 0.29) is 24.1 Å². The molecule has 1 saturated carbocycles. The summed E-state index contributed by atoms with van der Waals surface area (Å²) in [5.41, 5.74) is -1.07. The van der Waals surface area contributed by atoms with Gasteiger partial charge < -0.3 is 20.3 Å². The van der Waals surface area contributed by atoms with Crippen LogP contribution in [0.2, 0.25) is 0 Å². The molecule has 10 heteroatoms. The van der Waals surface area contributed by atoms with Gasteiger partial charge in [-0.25, -0.2) is 0 Å². The lowest BCUT2D eigenvalue weighted by molar-refractivity contribution is -0.137. The van der Waals surface area contributed by atoms with Crippen LogP contribution in [0.15, 0.2) is 48.8 Å². The Balaban J connectivity index is 1.59. The summed E-state index contributed by atoms with van der Waals surface area (Å²) < 4.78 is 44.7. The largest absolute Gasteiger partial charge is 0.492 e. The van der Waals surface area contributed by atoms with E-state index in [1.54, 1.807) is 18.5 Å². The minimum atomic E-state index is -4.55. The van der Waals surface area contributed by atoms with Crippen molar-refractivity contribution in [2.75, 3.05) is 20.2 Å². The number of nitrogens with zero attached hydrogens (tertiary/aromatic N) is 2. The van der Waals surface area contributed by atoms with E-state index in [0.717, 1.165) is 37.5 Å². The Kier molecular flexibility index (Phi) is 9.31. The molecule has 36 heavy (non-hydrogen) atoms. The Bertz CT molecular complexity index is 1020. The number of alkyl halides is 3. The molecule has 2 N–H and O–H groups in total. The van der Waals surface area contributed by atoms with Gasteiger partial charge in [0.15, 0.2) is 0 Å². The monoisotopic (exact) mass is 506 g/mol. The molecule has 3 rings (SSSR count). The lowest BCUT2D eigenvalue weighted by atomic mass is 9.81. The smallest absolute Gasteiger partial charge is 0.416 e. The number of rotatable bonds is 9. The molecule has 3 atom stereocenters. The first kappa shape index (κ1) is 27.4. The molecule has 196 valence electrons. The van der Waals surface area contributed by atoms with Crippen LogP contribution in [0, 0.1) is 5.92 Å². The van der Waals surface area contributed by atoms with Crippen molar-refractivity contribution < 1.29 is 27.5 Å². The highest BCUT2D eigenvalue weighted by Crippen LogP contribution is 2.30. The third kappa shape index (κ3) is 7.68. The molecule has 7 nitrogen and oxygen atoms in total. The molecule has 2 amide bonds. The summed E-state index contributed by atoms with van der Waals surface area (Å²) >= 11 is 0. The minimum Gasteiger partial charge on any atom is -0.492 e. The standard InChI is InChI=1S/C26H33F3N4O3/c1-17(2)33(3)21-9-10-23(19(13-21)16-36-22-8-5-11-30-14-22)32-24(34)15-31-25(35)18-6-4-7-20(12-18)26(27,28)29/h4-8,11-12,14,17,19,21,23H,9-10,13,15-16H2,1-3H3,(H,31,35)(H,32,34)/t19-,21+,23-/m0/s1. The van der Waals surface area contributed by atoms with Crippen molar-refractivity contribution in [3.05, 3.63) is 59.9 Å². The first-order chi connectivity index (χ1) is 17.0. The highest BCUT2D eigenvalue weighted by atomic mass is 19.4. The molecular weight excluding hydrogens is 473 g/mol. The predicted molar refractivity (Wildman–Crippen MR) is 129 cm³/mol. The molecule has 1 fully saturated rings. The van der Waals surface area contributed by atoms with Crippen LogP contribution in [-0.2, 0) is 11.0 Å². The molecule has 0 aliphatic heterocycles. The second-order valence-corrected chi connectivity index (χ2v) is 9.42. The van der Waals surface area contributed by atoms with Gasteiger partial charge in [-0.05, 0) is 70.5 Å². The van der Waals surface area contributed by atoms with Gasteiger partial charge in [0.2, 0.25) is 5.91 Å². The quantitative estimate of drug-likeness (QED) is 0.539. The second kappa shape index (κ2) is 12.2. The molecule has 1 heterocycles.